The first-order chi connectivity index (χ1) is 13.3. The third-order valence-electron chi connectivity index (χ3n) is 4.57. The van der Waals surface area contributed by atoms with Crippen molar-refractivity contribution in [1.82, 2.24) is 15.6 Å². The van der Waals surface area contributed by atoms with Gasteiger partial charge in [0.05, 0.1) is 13.2 Å². The van der Waals surface area contributed by atoms with Gasteiger partial charge < -0.3 is 20.4 Å². The molecule has 1 aromatic heterocycles. The molecular weight excluding hydrogens is 336 g/mol. The Morgan fingerprint density at radius 2 is 1.74 bits per heavy atom. The molecule has 3 rings (SSSR count). The van der Waals surface area contributed by atoms with Crippen LogP contribution < -0.4 is 10.6 Å². The minimum atomic E-state index is 0.633. The largest absolute Gasteiger partial charge is 0.375 e. The number of fused-ring (bicyclic) bond motifs is 1. The lowest BCUT2D eigenvalue weighted by molar-refractivity contribution is 0.125. The van der Waals surface area contributed by atoms with E-state index in [0.717, 1.165) is 25.5 Å². The second-order valence-corrected chi connectivity index (χ2v) is 6.49. The molecule has 2 aromatic carbocycles. The molecule has 0 aliphatic heterocycles. The van der Waals surface area contributed by atoms with Gasteiger partial charge in [0, 0.05) is 36.7 Å². The number of hydrogen-bond acceptors (Lipinski definition) is 2. The van der Waals surface area contributed by atoms with Gasteiger partial charge in [-0.15, -0.1) is 0 Å². The highest BCUT2D eigenvalue weighted by Gasteiger charge is 2.07. The summed E-state index contributed by atoms with van der Waals surface area (Å²) in [6.07, 6.45) is 0.945. The second-order valence-electron chi connectivity index (χ2n) is 6.49. The smallest absolute Gasteiger partial charge is 0.191 e. The van der Waals surface area contributed by atoms with Gasteiger partial charge in [-0.05, 0) is 30.5 Å². The Labute approximate surface area is 160 Å². The fourth-order valence-electron chi connectivity index (χ4n) is 3.19. The highest BCUT2D eigenvalue weighted by molar-refractivity contribution is 5.84. The van der Waals surface area contributed by atoms with Gasteiger partial charge in [0.25, 0.3) is 0 Å². The summed E-state index contributed by atoms with van der Waals surface area (Å²) >= 11 is 0. The van der Waals surface area contributed by atoms with E-state index in [1.54, 1.807) is 7.05 Å². The molecule has 0 radical (unpaired) electrons. The Hall–Kier alpha value is -2.79. The van der Waals surface area contributed by atoms with Crippen LogP contribution >= 0.6 is 0 Å². The molecule has 0 aliphatic carbocycles. The number of para-hydroxylation sites is 1. The number of guanidine groups is 1. The van der Waals surface area contributed by atoms with Gasteiger partial charge in [0.15, 0.2) is 5.96 Å². The van der Waals surface area contributed by atoms with Crippen LogP contribution in [0, 0.1) is 6.92 Å². The summed E-state index contributed by atoms with van der Waals surface area (Å²) in [6.45, 7) is 4.95. The molecule has 0 saturated carbocycles. The lowest BCUT2D eigenvalue weighted by atomic mass is 10.1. The number of aromatic amines is 1. The van der Waals surface area contributed by atoms with Crippen molar-refractivity contribution in [2.75, 3.05) is 26.7 Å². The van der Waals surface area contributed by atoms with Gasteiger partial charge in [0.1, 0.15) is 0 Å². The molecule has 0 fully saturated rings. The SMILES string of the molecule is CN=C(NCCOCc1ccccc1)NCCc1c(C)[nH]c2ccccc12. The van der Waals surface area contributed by atoms with Crippen LogP contribution in [-0.2, 0) is 17.8 Å². The molecule has 0 unspecified atom stereocenters. The molecule has 0 bridgehead atoms. The number of aryl methyl sites for hydroxylation is 1. The first-order valence-corrected chi connectivity index (χ1v) is 9.40. The number of nitrogens with zero attached hydrogens (tertiary/aromatic N) is 1. The van der Waals surface area contributed by atoms with Crippen LogP contribution in [0.3, 0.4) is 0 Å². The molecule has 1 heterocycles. The predicted octanol–water partition coefficient (Wildman–Crippen LogP) is 3.40. The minimum Gasteiger partial charge on any atom is -0.375 e. The quantitative estimate of drug-likeness (QED) is 0.326. The molecule has 0 atom stereocenters. The topological polar surface area (TPSA) is 61.4 Å². The second kappa shape index (κ2) is 9.78. The Balaban J connectivity index is 1.38. The van der Waals surface area contributed by atoms with Gasteiger partial charge in [0.2, 0.25) is 0 Å². The number of H-pyrrole nitrogens is 1. The van der Waals surface area contributed by atoms with Crippen molar-refractivity contribution in [1.29, 1.82) is 0 Å². The summed E-state index contributed by atoms with van der Waals surface area (Å²) in [7, 11) is 1.79. The molecule has 5 nitrogen and oxygen atoms in total. The summed E-state index contributed by atoms with van der Waals surface area (Å²) < 4.78 is 5.69. The maximum absolute atomic E-state index is 5.69. The monoisotopic (exact) mass is 364 g/mol. The van der Waals surface area contributed by atoms with Crippen molar-refractivity contribution in [3.63, 3.8) is 0 Å². The molecule has 142 valence electrons. The number of aromatic nitrogens is 1. The number of rotatable bonds is 8. The van der Waals surface area contributed by atoms with Crippen LogP contribution in [0.4, 0.5) is 0 Å². The van der Waals surface area contributed by atoms with Crippen molar-refractivity contribution < 1.29 is 4.74 Å². The Bertz CT molecular complexity index is 870. The lowest BCUT2D eigenvalue weighted by Crippen LogP contribution is -2.39. The number of hydrogen-bond donors (Lipinski definition) is 3. The van der Waals surface area contributed by atoms with Crippen LogP contribution in [0.15, 0.2) is 59.6 Å². The number of nitrogens with one attached hydrogen (secondary N) is 3. The average molecular weight is 364 g/mol. The molecule has 5 heteroatoms. The van der Waals surface area contributed by atoms with Gasteiger partial charge in [-0.25, -0.2) is 0 Å². The van der Waals surface area contributed by atoms with E-state index in [1.165, 1.54) is 27.7 Å². The van der Waals surface area contributed by atoms with Crippen LogP contribution in [0.25, 0.3) is 10.9 Å². The van der Waals surface area contributed by atoms with Crippen molar-refractivity contribution in [2.45, 2.75) is 20.0 Å². The molecule has 0 aliphatic rings. The standard InChI is InChI=1S/C22H28N4O/c1-17-19(20-10-6-7-11-21(20)26-17)12-13-24-22(23-2)25-14-15-27-16-18-8-4-3-5-9-18/h3-11,26H,12-16H2,1-2H3,(H2,23,24,25). The van der Waals surface area contributed by atoms with Gasteiger partial charge >= 0.3 is 0 Å². The third kappa shape index (κ3) is 5.34. The maximum atomic E-state index is 5.69. The molecule has 0 saturated heterocycles. The zero-order valence-electron chi connectivity index (χ0n) is 16.1. The van der Waals surface area contributed by atoms with E-state index < -0.39 is 0 Å². The van der Waals surface area contributed by atoms with Crippen molar-refractivity contribution in [3.05, 3.63) is 71.4 Å². The first kappa shape index (κ1) is 19.0. The Kier molecular flexibility index (Phi) is 6.88. The molecule has 0 amide bonds. The fraction of sp³-hybridized carbons (Fsp3) is 0.318. The fourth-order valence-corrected chi connectivity index (χ4v) is 3.19. The van der Waals surface area contributed by atoms with Crippen LogP contribution in [0.2, 0.25) is 0 Å². The highest BCUT2D eigenvalue weighted by Crippen LogP contribution is 2.21. The van der Waals surface area contributed by atoms with Crippen molar-refractivity contribution >= 4 is 16.9 Å². The predicted molar refractivity (Wildman–Crippen MR) is 112 cm³/mol. The molecule has 3 N–H and O–H groups in total. The summed E-state index contributed by atoms with van der Waals surface area (Å²) in [4.78, 5) is 7.73. The van der Waals surface area contributed by atoms with Crippen LogP contribution in [0.5, 0.6) is 0 Å². The van der Waals surface area contributed by atoms with Gasteiger partial charge in [-0.3, -0.25) is 4.99 Å². The van der Waals surface area contributed by atoms with E-state index in [9.17, 15) is 0 Å². The maximum Gasteiger partial charge on any atom is 0.191 e. The average Bonchev–Trinajstić information content (AvgIpc) is 3.02. The third-order valence-corrected chi connectivity index (χ3v) is 4.57. The summed E-state index contributed by atoms with van der Waals surface area (Å²) in [6, 6.07) is 18.6. The number of ether oxygens (including phenoxy) is 1. The van der Waals surface area contributed by atoms with E-state index in [-0.39, 0.29) is 0 Å². The zero-order chi connectivity index (χ0) is 18.9. The van der Waals surface area contributed by atoms with E-state index in [4.69, 9.17) is 4.74 Å². The normalized spacial score (nSPS) is 11.7. The van der Waals surface area contributed by atoms with Gasteiger partial charge in [-0.2, -0.15) is 0 Å². The van der Waals surface area contributed by atoms with Crippen LogP contribution in [-0.4, -0.2) is 37.7 Å². The lowest BCUT2D eigenvalue weighted by Gasteiger charge is -2.12. The van der Waals surface area contributed by atoms with E-state index >= 15 is 0 Å². The Morgan fingerprint density at radius 3 is 2.56 bits per heavy atom. The minimum absolute atomic E-state index is 0.633. The number of aliphatic imine (C=N–C) groups is 1. The molecule has 27 heavy (non-hydrogen) atoms. The number of benzene rings is 2. The molecule has 3 aromatic rings. The van der Waals surface area contributed by atoms with Crippen molar-refractivity contribution in [2.24, 2.45) is 4.99 Å². The zero-order valence-corrected chi connectivity index (χ0v) is 16.1. The highest BCUT2D eigenvalue weighted by atomic mass is 16.5. The van der Waals surface area contributed by atoms with Crippen molar-refractivity contribution in [3.8, 4) is 0 Å². The summed E-state index contributed by atoms with van der Waals surface area (Å²) in [5.41, 5.74) is 4.98. The summed E-state index contributed by atoms with van der Waals surface area (Å²) in [5, 5.41) is 7.97. The van der Waals surface area contributed by atoms with E-state index in [0.29, 0.717) is 13.2 Å². The first-order valence-electron chi connectivity index (χ1n) is 9.40. The van der Waals surface area contributed by atoms with E-state index in [1.807, 2.05) is 18.2 Å². The van der Waals surface area contributed by atoms with E-state index in [2.05, 4.69) is 63.9 Å². The molecule has 0 spiro atoms. The Morgan fingerprint density at radius 1 is 1.00 bits per heavy atom. The van der Waals surface area contributed by atoms with Crippen LogP contribution in [0.1, 0.15) is 16.8 Å². The van der Waals surface area contributed by atoms with Gasteiger partial charge in [-0.1, -0.05) is 48.5 Å². The summed E-state index contributed by atoms with van der Waals surface area (Å²) in [5.74, 6) is 0.802. The molecular formula is C22H28N4O.